The van der Waals surface area contributed by atoms with Crippen molar-refractivity contribution in [1.82, 2.24) is 25.4 Å². The lowest BCUT2D eigenvalue weighted by molar-refractivity contribution is -0.136. The highest BCUT2D eigenvalue weighted by molar-refractivity contribution is 6.25. The molecule has 0 bridgehead atoms. The maximum atomic E-state index is 13.4. The molecule has 50 heavy (non-hydrogen) atoms. The monoisotopic (exact) mass is 674 g/mol. The van der Waals surface area contributed by atoms with Gasteiger partial charge in [-0.05, 0) is 73.2 Å². The van der Waals surface area contributed by atoms with E-state index in [0.29, 0.717) is 12.2 Å². The number of H-pyrrole nitrogens is 1. The van der Waals surface area contributed by atoms with Gasteiger partial charge in [-0.1, -0.05) is 55.0 Å². The van der Waals surface area contributed by atoms with E-state index in [-0.39, 0.29) is 29.9 Å². The summed E-state index contributed by atoms with van der Waals surface area (Å²) in [7, 11) is 1.61. The molecule has 0 aliphatic carbocycles. The number of rotatable bonds is 15. The number of carbonyl (C=O) groups excluding carboxylic acids is 5. The Hall–Kier alpha value is -5.55. The van der Waals surface area contributed by atoms with Crippen molar-refractivity contribution < 1.29 is 24.0 Å². The first-order valence-corrected chi connectivity index (χ1v) is 17.2. The maximum Gasteiger partial charge on any atom is 0.264 e. The van der Waals surface area contributed by atoms with Gasteiger partial charge in [0, 0.05) is 62.0 Å². The SMILES string of the molecule is CNC(=O)/C=C/c1ccc(CN(CCCCCNc2cccc3c2C(=O)N(C2CCC(=O)NC2=O)C3=O)CCc2c[nH]c3ccccc23)cc1. The number of benzene rings is 3. The second kappa shape index (κ2) is 15.8. The average Bonchev–Trinajstić information content (AvgIpc) is 3.65. The predicted molar refractivity (Wildman–Crippen MR) is 192 cm³/mol. The minimum absolute atomic E-state index is 0.0830. The van der Waals surface area contributed by atoms with E-state index in [1.54, 1.807) is 31.3 Å². The lowest BCUT2D eigenvalue weighted by atomic mass is 10.0. The number of unbranched alkanes of at least 4 members (excludes halogenated alkanes) is 2. The summed E-state index contributed by atoms with van der Waals surface area (Å²) in [6.45, 7) is 3.23. The van der Waals surface area contributed by atoms with Crippen molar-refractivity contribution in [2.45, 2.75) is 51.1 Å². The first-order chi connectivity index (χ1) is 24.3. The zero-order chi connectivity index (χ0) is 35.0. The summed E-state index contributed by atoms with van der Waals surface area (Å²) in [6, 6.07) is 20.8. The number of para-hydroxylation sites is 1. The number of amides is 5. The van der Waals surface area contributed by atoms with Crippen LogP contribution in [0, 0.1) is 0 Å². The van der Waals surface area contributed by atoms with Gasteiger partial charge in [0.15, 0.2) is 0 Å². The summed E-state index contributed by atoms with van der Waals surface area (Å²) in [6.07, 6.45) is 9.36. The number of hydrogen-bond donors (Lipinski definition) is 4. The van der Waals surface area contributed by atoms with Gasteiger partial charge in [-0.15, -0.1) is 0 Å². The quantitative estimate of drug-likeness (QED) is 0.0817. The number of fused-ring (bicyclic) bond motifs is 2. The number of aromatic amines is 1. The minimum atomic E-state index is -0.990. The molecule has 0 saturated carbocycles. The maximum absolute atomic E-state index is 13.4. The van der Waals surface area contributed by atoms with Gasteiger partial charge in [0.05, 0.1) is 11.1 Å². The molecule has 2 aliphatic rings. The Morgan fingerprint density at radius 2 is 1.76 bits per heavy atom. The Balaban J connectivity index is 1.04. The molecule has 6 rings (SSSR count). The zero-order valence-electron chi connectivity index (χ0n) is 28.2. The first-order valence-electron chi connectivity index (χ1n) is 17.2. The second-order valence-electron chi connectivity index (χ2n) is 12.7. The largest absolute Gasteiger partial charge is 0.384 e. The van der Waals surface area contributed by atoms with Crippen molar-refractivity contribution in [1.29, 1.82) is 0 Å². The number of hydrogen-bond acceptors (Lipinski definition) is 7. The lowest BCUT2D eigenvalue weighted by Crippen LogP contribution is -2.54. The number of likely N-dealkylation sites (N-methyl/N-ethyl adjacent to an activating group) is 1. The molecule has 1 saturated heterocycles. The van der Waals surface area contributed by atoms with Crippen molar-refractivity contribution >= 4 is 52.2 Å². The van der Waals surface area contributed by atoms with E-state index in [0.717, 1.165) is 61.3 Å². The minimum Gasteiger partial charge on any atom is -0.384 e. The van der Waals surface area contributed by atoms with E-state index in [2.05, 4.69) is 62.4 Å². The van der Waals surface area contributed by atoms with Crippen molar-refractivity contribution in [3.63, 3.8) is 0 Å². The van der Waals surface area contributed by atoms with E-state index < -0.39 is 29.7 Å². The van der Waals surface area contributed by atoms with Crippen LogP contribution in [-0.2, 0) is 27.3 Å². The molecule has 5 amide bonds. The molecule has 1 unspecified atom stereocenters. The third-order valence-corrected chi connectivity index (χ3v) is 9.37. The summed E-state index contributed by atoms with van der Waals surface area (Å²) < 4.78 is 0. The molecule has 1 aromatic heterocycles. The van der Waals surface area contributed by atoms with Gasteiger partial charge in [-0.25, -0.2) is 0 Å². The Bertz CT molecular complexity index is 1930. The molecule has 11 heteroatoms. The fourth-order valence-electron chi connectivity index (χ4n) is 6.66. The van der Waals surface area contributed by atoms with Crippen molar-refractivity contribution in [3.8, 4) is 0 Å². The topological polar surface area (TPSA) is 144 Å². The van der Waals surface area contributed by atoms with Crippen molar-refractivity contribution in [2.75, 3.05) is 32.0 Å². The summed E-state index contributed by atoms with van der Waals surface area (Å²) in [5.74, 6) is -2.17. The number of aromatic nitrogens is 1. The van der Waals surface area contributed by atoms with Gasteiger partial charge in [0.2, 0.25) is 17.7 Å². The van der Waals surface area contributed by atoms with Crippen LogP contribution in [-0.4, -0.2) is 77.0 Å². The molecular formula is C39H42N6O5. The van der Waals surface area contributed by atoms with Crippen LogP contribution in [0.25, 0.3) is 17.0 Å². The van der Waals surface area contributed by atoms with Gasteiger partial charge in [-0.3, -0.25) is 39.1 Å². The van der Waals surface area contributed by atoms with Crippen LogP contribution >= 0.6 is 0 Å². The number of nitrogens with zero attached hydrogens (tertiary/aromatic N) is 2. The molecule has 3 heterocycles. The highest BCUT2D eigenvalue weighted by atomic mass is 16.2. The average molecular weight is 675 g/mol. The normalized spacial score (nSPS) is 16.0. The molecule has 2 aliphatic heterocycles. The Morgan fingerprint density at radius 3 is 2.56 bits per heavy atom. The molecule has 1 atom stereocenters. The van der Waals surface area contributed by atoms with E-state index in [1.807, 2.05) is 18.2 Å². The predicted octanol–water partition coefficient (Wildman–Crippen LogP) is 4.66. The molecule has 3 aromatic carbocycles. The highest BCUT2D eigenvalue weighted by Crippen LogP contribution is 2.32. The van der Waals surface area contributed by atoms with E-state index >= 15 is 0 Å². The van der Waals surface area contributed by atoms with Gasteiger partial charge < -0.3 is 15.6 Å². The summed E-state index contributed by atoms with van der Waals surface area (Å²) in [5.41, 5.74) is 5.72. The Morgan fingerprint density at radius 1 is 0.940 bits per heavy atom. The molecule has 4 N–H and O–H groups in total. The zero-order valence-corrected chi connectivity index (χ0v) is 28.2. The molecule has 258 valence electrons. The van der Waals surface area contributed by atoms with Gasteiger partial charge in [-0.2, -0.15) is 0 Å². The number of piperidine rings is 1. The van der Waals surface area contributed by atoms with Gasteiger partial charge >= 0.3 is 0 Å². The highest BCUT2D eigenvalue weighted by Gasteiger charge is 2.45. The fourth-order valence-corrected chi connectivity index (χ4v) is 6.66. The number of imide groups is 2. The van der Waals surface area contributed by atoms with Crippen LogP contribution in [0.4, 0.5) is 5.69 Å². The van der Waals surface area contributed by atoms with Crippen LogP contribution < -0.4 is 16.0 Å². The second-order valence-corrected chi connectivity index (χ2v) is 12.7. The Kier molecular flexibility index (Phi) is 10.8. The van der Waals surface area contributed by atoms with Crippen LogP contribution in [0.5, 0.6) is 0 Å². The van der Waals surface area contributed by atoms with Gasteiger partial charge in [0.25, 0.3) is 11.8 Å². The van der Waals surface area contributed by atoms with Crippen LogP contribution in [0.2, 0.25) is 0 Å². The number of carbonyl (C=O) groups is 5. The first kappa shape index (κ1) is 34.3. The third kappa shape index (κ3) is 7.84. The van der Waals surface area contributed by atoms with Crippen LogP contribution in [0.3, 0.4) is 0 Å². The third-order valence-electron chi connectivity index (χ3n) is 9.37. The molecule has 11 nitrogen and oxygen atoms in total. The van der Waals surface area contributed by atoms with E-state index in [9.17, 15) is 24.0 Å². The fraction of sp³-hybridized carbons (Fsp3) is 0.308. The molecule has 1 fully saturated rings. The lowest BCUT2D eigenvalue weighted by Gasteiger charge is -2.27. The number of nitrogens with one attached hydrogen (secondary N) is 4. The molecule has 4 aromatic rings. The van der Waals surface area contributed by atoms with Crippen molar-refractivity contribution in [2.24, 2.45) is 0 Å². The summed E-state index contributed by atoms with van der Waals surface area (Å²) >= 11 is 0. The Labute approximate surface area is 291 Å². The summed E-state index contributed by atoms with van der Waals surface area (Å²) in [4.78, 5) is 69.1. The van der Waals surface area contributed by atoms with Gasteiger partial charge in [0.1, 0.15) is 6.04 Å². The van der Waals surface area contributed by atoms with Crippen molar-refractivity contribution in [3.05, 3.63) is 107 Å². The van der Waals surface area contributed by atoms with E-state index in [4.69, 9.17) is 0 Å². The van der Waals surface area contributed by atoms with Crippen LogP contribution in [0.15, 0.2) is 79.0 Å². The smallest absolute Gasteiger partial charge is 0.264 e. The molecule has 0 radical (unpaired) electrons. The standard InChI is InChI=1S/C39H42N6O5/c1-40-34(46)18-16-26-12-14-27(15-13-26)25-44(23-20-28-24-42-31-10-4-3-8-29(28)31)22-6-2-5-21-41-32-11-7-9-30-36(32)39(50)45(38(30)49)33-17-19-35(47)43-37(33)48/h3-4,7-16,18,24,33,41-42H,2,5-6,17,19-23,25H2,1H3,(H,40,46)(H,43,47,48)/b18-16+. The van der Waals surface area contributed by atoms with Crippen LogP contribution in [0.1, 0.15) is 69.5 Å². The molecule has 0 spiro atoms. The molecular weight excluding hydrogens is 632 g/mol. The van der Waals surface area contributed by atoms with E-state index in [1.165, 1.54) is 22.6 Å². The summed E-state index contributed by atoms with van der Waals surface area (Å²) in [5, 5.41) is 9.43. The number of anilines is 1.